The van der Waals surface area contributed by atoms with Gasteiger partial charge >= 0.3 is 0 Å². The Balaban J connectivity index is 1.46. The van der Waals surface area contributed by atoms with E-state index in [2.05, 4.69) is 5.32 Å². The number of benzene rings is 2. The number of hydrogen-bond acceptors (Lipinski definition) is 6. The lowest BCUT2D eigenvalue weighted by Crippen LogP contribution is -2.58. The van der Waals surface area contributed by atoms with E-state index in [-0.39, 0.29) is 17.2 Å². The van der Waals surface area contributed by atoms with Crippen molar-refractivity contribution in [2.45, 2.75) is 49.4 Å². The van der Waals surface area contributed by atoms with Gasteiger partial charge in [0.2, 0.25) is 21.8 Å². The molecule has 0 aromatic heterocycles. The third-order valence-corrected chi connectivity index (χ3v) is 9.44. The van der Waals surface area contributed by atoms with Crippen LogP contribution in [0.4, 0.5) is 5.69 Å². The van der Waals surface area contributed by atoms with E-state index in [0.717, 1.165) is 22.6 Å². The molecule has 2 aliphatic heterocycles. The molecule has 1 spiro atoms. The predicted molar refractivity (Wildman–Crippen MR) is 149 cm³/mol. The van der Waals surface area contributed by atoms with Crippen molar-refractivity contribution < 1.29 is 18.0 Å². The van der Waals surface area contributed by atoms with Crippen LogP contribution in [0.5, 0.6) is 0 Å². The highest BCUT2D eigenvalue weighted by molar-refractivity contribution is 7.98. The predicted octanol–water partition coefficient (Wildman–Crippen LogP) is 2.48. The van der Waals surface area contributed by atoms with Crippen LogP contribution in [0.3, 0.4) is 0 Å². The first-order valence-corrected chi connectivity index (χ1v) is 15.5. The molecule has 200 valence electrons. The highest BCUT2D eigenvalue weighted by atomic mass is 32.2. The number of para-hydroxylation sites is 1. The number of piperidine rings is 1. The van der Waals surface area contributed by atoms with Gasteiger partial charge in [-0.2, -0.15) is 11.8 Å². The summed E-state index contributed by atoms with van der Waals surface area (Å²) < 4.78 is 26.5. The van der Waals surface area contributed by atoms with Crippen molar-refractivity contribution in [2.24, 2.45) is 5.73 Å². The number of nitrogens with one attached hydrogen (secondary N) is 1. The third kappa shape index (κ3) is 6.13. The lowest BCUT2D eigenvalue weighted by Gasteiger charge is -2.41. The molecule has 0 bridgehead atoms. The maximum absolute atomic E-state index is 13.6. The van der Waals surface area contributed by atoms with Crippen molar-refractivity contribution in [1.29, 1.82) is 0 Å². The van der Waals surface area contributed by atoms with Crippen LogP contribution in [-0.2, 0) is 30.8 Å². The van der Waals surface area contributed by atoms with Crippen molar-refractivity contribution in [1.82, 2.24) is 10.2 Å². The van der Waals surface area contributed by atoms with Crippen LogP contribution in [0.1, 0.15) is 37.8 Å². The zero-order valence-corrected chi connectivity index (χ0v) is 23.3. The summed E-state index contributed by atoms with van der Waals surface area (Å²) in [5, 5.41) is 2.88. The van der Waals surface area contributed by atoms with Gasteiger partial charge in [0.1, 0.15) is 6.04 Å². The van der Waals surface area contributed by atoms with Gasteiger partial charge in [0.25, 0.3) is 0 Å². The normalized spacial score (nSPS) is 17.9. The van der Waals surface area contributed by atoms with Crippen LogP contribution in [0.15, 0.2) is 54.6 Å². The van der Waals surface area contributed by atoms with Gasteiger partial charge in [-0.05, 0) is 43.9 Å². The number of carbonyl (C=O) groups excluding carboxylic acids is 2. The number of thioether (sulfide) groups is 1. The van der Waals surface area contributed by atoms with Gasteiger partial charge in [-0.1, -0.05) is 48.5 Å². The Morgan fingerprint density at radius 3 is 2.32 bits per heavy atom. The molecule has 2 aromatic carbocycles. The minimum absolute atomic E-state index is 0.126. The lowest BCUT2D eigenvalue weighted by molar-refractivity contribution is -0.138. The summed E-state index contributed by atoms with van der Waals surface area (Å²) in [6.07, 6.45) is 2.55. The molecule has 37 heavy (non-hydrogen) atoms. The Morgan fingerprint density at radius 2 is 1.70 bits per heavy atom. The summed E-state index contributed by atoms with van der Waals surface area (Å²) in [5.74, 6) is 0.669. The van der Waals surface area contributed by atoms with Gasteiger partial charge in [0.05, 0.1) is 17.5 Å². The summed E-state index contributed by atoms with van der Waals surface area (Å²) in [5.41, 5.74) is 7.49. The third-order valence-electron chi connectivity index (χ3n) is 7.21. The Hall–Kier alpha value is -2.56. The number of hydrogen-bond donors (Lipinski definition) is 2. The van der Waals surface area contributed by atoms with Gasteiger partial charge in [-0.25, -0.2) is 8.42 Å². The van der Waals surface area contributed by atoms with Crippen molar-refractivity contribution in [3.8, 4) is 0 Å². The van der Waals surface area contributed by atoms with Crippen molar-refractivity contribution in [2.75, 3.05) is 35.9 Å². The van der Waals surface area contributed by atoms with Crippen LogP contribution in [-0.4, -0.2) is 68.4 Å². The molecule has 2 heterocycles. The van der Waals surface area contributed by atoms with Crippen molar-refractivity contribution in [3.05, 3.63) is 65.7 Å². The molecular weight excluding hydrogens is 508 g/mol. The minimum Gasteiger partial charge on any atom is -0.342 e. The van der Waals surface area contributed by atoms with Crippen molar-refractivity contribution >= 4 is 39.3 Å². The second-order valence-electron chi connectivity index (χ2n) is 10.6. The second kappa shape index (κ2) is 10.7. The molecule has 10 heteroatoms. The van der Waals surface area contributed by atoms with E-state index in [4.69, 9.17) is 5.73 Å². The van der Waals surface area contributed by atoms with Gasteiger partial charge < -0.3 is 16.0 Å². The molecule has 2 aromatic rings. The van der Waals surface area contributed by atoms with E-state index in [9.17, 15) is 18.0 Å². The zero-order chi connectivity index (χ0) is 26.8. The van der Waals surface area contributed by atoms with Gasteiger partial charge in [0, 0.05) is 36.6 Å². The topological polar surface area (TPSA) is 113 Å². The van der Waals surface area contributed by atoms with Gasteiger partial charge in [-0.15, -0.1) is 0 Å². The average molecular weight is 545 g/mol. The van der Waals surface area contributed by atoms with Crippen LogP contribution < -0.4 is 15.4 Å². The molecule has 1 fully saturated rings. The molecule has 1 saturated heterocycles. The summed E-state index contributed by atoms with van der Waals surface area (Å²) >= 11 is 1.60. The fourth-order valence-electron chi connectivity index (χ4n) is 5.07. The van der Waals surface area contributed by atoms with E-state index in [0.29, 0.717) is 38.2 Å². The highest BCUT2D eigenvalue weighted by Crippen LogP contribution is 2.47. The SMILES string of the molecule is CC(C)(N)C(=O)N[C@@H](CSCc1ccccc1)C(=O)N1CCC2(CC1)CN(S(C)(=O)=O)c1ccccc12. The van der Waals surface area contributed by atoms with E-state index in [1.54, 1.807) is 30.5 Å². The molecule has 2 amide bonds. The Bertz CT molecular complexity index is 1240. The number of sulfonamides is 1. The molecule has 0 unspecified atom stereocenters. The number of carbonyl (C=O) groups is 2. The summed E-state index contributed by atoms with van der Waals surface area (Å²) in [4.78, 5) is 28.1. The Kier molecular flexibility index (Phi) is 7.92. The summed E-state index contributed by atoms with van der Waals surface area (Å²) in [6, 6.07) is 17.0. The van der Waals surface area contributed by atoms with Crippen LogP contribution in [0.25, 0.3) is 0 Å². The minimum atomic E-state index is -3.40. The number of nitrogens with two attached hydrogens (primary N) is 1. The number of fused-ring (bicyclic) bond motifs is 2. The first kappa shape index (κ1) is 27.5. The Morgan fingerprint density at radius 1 is 1.08 bits per heavy atom. The molecule has 0 saturated carbocycles. The monoisotopic (exact) mass is 544 g/mol. The number of rotatable bonds is 8. The maximum atomic E-state index is 13.6. The fraction of sp³-hybridized carbons (Fsp3) is 0.481. The van der Waals surface area contributed by atoms with E-state index in [1.165, 1.54) is 10.6 Å². The molecule has 2 aliphatic rings. The molecule has 3 N–H and O–H groups in total. The van der Waals surface area contributed by atoms with E-state index in [1.807, 2.05) is 54.6 Å². The zero-order valence-electron chi connectivity index (χ0n) is 21.6. The molecular formula is C27H36N4O4S2. The molecule has 8 nitrogen and oxygen atoms in total. The van der Waals surface area contributed by atoms with Crippen molar-refractivity contribution in [3.63, 3.8) is 0 Å². The summed E-state index contributed by atoms with van der Waals surface area (Å²) in [7, 11) is -3.40. The molecule has 0 aliphatic carbocycles. The fourth-order valence-corrected chi connectivity index (χ4v) is 7.08. The number of anilines is 1. The largest absolute Gasteiger partial charge is 0.342 e. The number of likely N-dealkylation sites (tertiary alicyclic amines) is 1. The Labute approximate surface area is 224 Å². The maximum Gasteiger partial charge on any atom is 0.246 e. The quantitative estimate of drug-likeness (QED) is 0.528. The van der Waals surface area contributed by atoms with E-state index >= 15 is 0 Å². The average Bonchev–Trinajstić information content (AvgIpc) is 3.18. The number of nitrogens with zero attached hydrogens (tertiary/aromatic N) is 2. The van der Waals surface area contributed by atoms with Crippen LogP contribution >= 0.6 is 11.8 Å². The number of amides is 2. The van der Waals surface area contributed by atoms with Gasteiger partial charge in [0.15, 0.2) is 0 Å². The van der Waals surface area contributed by atoms with Crippen LogP contribution in [0.2, 0.25) is 0 Å². The molecule has 4 rings (SSSR count). The standard InChI is InChI=1S/C27H36N4O4S2/c1-26(2,28)25(33)29-22(18-36-17-20-9-5-4-6-10-20)24(32)30-15-13-27(14-16-30)19-31(37(3,34)35)23-12-8-7-11-21(23)27/h4-12,22H,13-19,28H2,1-3H3,(H,29,33)/t22-/m0/s1. The molecule has 1 atom stereocenters. The lowest BCUT2D eigenvalue weighted by atomic mass is 9.74. The van der Waals surface area contributed by atoms with E-state index < -0.39 is 21.6 Å². The highest BCUT2D eigenvalue weighted by Gasteiger charge is 2.48. The van der Waals surface area contributed by atoms with Crippen LogP contribution in [0, 0.1) is 0 Å². The smallest absolute Gasteiger partial charge is 0.246 e. The molecule has 0 radical (unpaired) electrons. The summed E-state index contributed by atoms with van der Waals surface area (Å²) in [6.45, 7) is 4.62. The first-order valence-electron chi connectivity index (χ1n) is 12.5. The second-order valence-corrected chi connectivity index (χ2v) is 13.6. The first-order chi connectivity index (χ1) is 17.4. The van der Waals surface area contributed by atoms with Gasteiger partial charge in [-0.3, -0.25) is 13.9 Å².